The Morgan fingerprint density at radius 3 is 2.64 bits per heavy atom. The molecule has 0 radical (unpaired) electrons. The highest BCUT2D eigenvalue weighted by molar-refractivity contribution is 7.21. The number of hydrogen-bond acceptors (Lipinski definition) is 6. The molecule has 5 rings (SSSR count). The van der Waals surface area contributed by atoms with Gasteiger partial charge in [-0.15, -0.1) is 11.3 Å². The van der Waals surface area contributed by atoms with Crippen LogP contribution in [0.4, 0.5) is 10.2 Å². The van der Waals surface area contributed by atoms with Gasteiger partial charge in [-0.2, -0.15) is 0 Å². The summed E-state index contributed by atoms with van der Waals surface area (Å²) in [5, 5.41) is 11.2. The van der Waals surface area contributed by atoms with Crippen molar-refractivity contribution in [3.05, 3.63) is 58.8 Å². The molecule has 3 aromatic heterocycles. The molecule has 0 saturated heterocycles. The molecule has 1 unspecified atom stereocenters. The lowest BCUT2D eigenvalue weighted by molar-refractivity contribution is -0.389. The molecule has 1 aliphatic heterocycles. The van der Waals surface area contributed by atoms with Crippen LogP contribution in [0.2, 0.25) is 0 Å². The number of hydrogen-bond donors (Lipinski definition) is 0. The molecule has 0 saturated carbocycles. The molecule has 1 atom stereocenters. The van der Waals surface area contributed by atoms with E-state index in [1.165, 1.54) is 18.3 Å². The van der Waals surface area contributed by atoms with Gasteiger partial charge in [0.15, 0.2) is 0 Å². The van der Waals surface area contributed by atoms with E-state index in [9.17, 15) is 14.5 Å². The van der Waals surface area contributed by atoms with Crippen molar-refractivity contribution in [1.29, 1.82) is 0 Å². The second-order valence-electron chi connectivity index (χ2n) is 6.42. The minimum absolute atomic E-state index is 0.0632. The fraction of sp³-hybridized carbons (Fsp3) is 0.222. The van der Waals surface area contributed by atoms with Crippen LogP contribution in [0.15, 0.2) is 42.9 Å². The Labute approximate surface area is 163 Å². The average molecular weight is 401 g/mol. The summed E-state index contributed by atoms with van der Waals surface area (Å²) in [4.78, 5) is 17.9. The lowest BCUT2D eigenvalue weighted by atomic mass is 10.2. The van der Waals surface area contributed by atoms with Crippen molar-refractivity contribution in [1.82, 2.24) is 19.1 Å². The zero-order chi connectivity index (χ0) is 19.8. The van der Waals surface area contributed by atoms with E-state index in [1.54, 1.807) is 28.0 Å². The summed E-state index contributed by atoms with van der Waals surface area (Å²) in [5.74, 6) is -0.373. The van der Waals surface area contributed by atoms with E-state index in [4.69, 9.17) is 4.74 Å². The van der Waals surface area contributed by atoms with Crippen LogP contribution in [0, 0.1) is 15.9 Å². The van der Waals surface area contributed by atoms with Gasteiger partial charge in [0.25, 0.3) is 0 Å². The van der Waals surface area contributed by atoms with Crippen LogP contribution in [0.3, 0.4) is 0 Å². The molecular formula is C18H16FN5O3S. The third-order valence-electron chi connectivity index (χ3n) is 4.09. The summed E-state index contributed by atoms with van der Waals surface area (Å²) in [7, 11) is 1.98. The summed E-state index contributed by atoms with van der Waals surface area (Å²) in [6.45, 7) is 2.52. The SMILES string of the molecule is CC1Cn2cc([N+](=O)[O-])nc2O1.Cn1cc2nc(-c3ccc(F)cc3)sc2c1. The van der Waals surface area contributed by atoms with Crippen molar-refractivity contribution in [2.45, 2.75) is 19.6 Å². The van der Waals surface area contributed by atoms with Crippen LogP contribution < -0.4 is 4.74 Å². The van der Waals surface area contributed by atoms with Crippen LogP contribution in [-0.2, 0) is 13.6 Å². The molecule has 0 fully saturated rings. The number of rotatable bonds is 2. The first-order valence-electron chi connectivity index (χ1n) is 8.45. The van der Waals surface area contributed by atoms with Crippen molar-refractivity contribution in [2.75, 3.05) is 0 Å². The standard InChI is InChI=1S/C12H9FN2S.C6H7N3O3/c1-15-6-10-11(7-15)16-12(14-10)8-2-4-9(13)5-3-8;1-4-2-8-3-5(9(10)11)7-6(8)12-4/h2-7H,1H3;3-4H,2H2,1H3. The molecule has 1 aliphatic rings. The van der Waals surface area contributed by atoms with Gasteiger partial charge in [0.1, 0.15) is 23.1 Å². The predicted molar refractivity (Wildman–Crippen MR) is 103 cm³/mol. The van der Waals surface area contributed by atoms with Gasteiger partial charge >= 0.3 is 11.8 Å². The van der Waals surface area contributed by atoms with E-state index in [1.807, 2.05) is 30.9 Å². The molecule has 0 spiro atoms. The van der Waals surface area contributed by atoms with Crippen LogP contribution in [0.1, 0.15) is 6.92 Å². The number of thiazole rings is 1. The second kappa shape index (κ2) is 7.04. The monoisotopic (exact) mass is 401 g/mol. The Hall–Kier alpha value is -3.27. The number of ether oxygens (including phenoxy) is 1. The molecule has 144 valence electrons. The zero-order valence-electron chi connectivity index (χ0n) is 15.1. The minimum Gasteiger partial charge on any atom is -0.441 e. The first-order chi connectivity index (χ1) is 13.4. The highest BCUT2D eigenvalue weighted by Gasteiger charge is 2.28. The fourth-order valence-corrected chi connectivity index (χ4v) is 3.88. The Balaban J connectivity index is 0.000000143. The van der Waals surface area contributed by atoms with Gasteiger partial charge in [-0.1, -0.05) is 0 Å². The van der Waals surface area contributed by atoms with Crippen molar-refractivity contribution in [3.63, 3.8) is 0 Å². The summed E-state index contributed by atoms with van der Waals surface area (Å²) < 4.78 is 22.7. The first-order valence-corrected chi connectivity index (χ1v) is 9.27. The van der Waals surface area contributed by atoms with Crippen molar-refractivity contribution >= 4 is 27.4 Å². The summed E-state index contributed by atoms with van der Waals surface area (Å²) >= 11 is 1.62. The number of imidazole rings is 1. The molecule has 10 heteroatoms. The Kier molecular flexibility index (Phi) is 4.55. The van der Waals surface area contributed by atoms with Gasteiger partial charge < -0.3 is 19.4 Å². The number of aryl methyl sites for hydroxylation is 1. The van der Waals surface area contributed by atoms with Gasteiger partial charge in [-0.25, -0.2) is 9.37 Å². The summed E-state index contributed by atoms with van der Waals surface area (Å²) in [5.41, 5.74) is 1.96. The van der Waals surface area contributed by atoms with Crippen molar-refractivity contribution < 1.29 is 14.1 Å². The Morgan fingerprint density at radius 2 is 2.00 bits per heavy atom. The van der Waals surface area contributed by atoms with Crippen LogP contribution >= 0.6 is 11.3 Å². The number of aromatic nitrogens is 4. The quantitative estimate of drug-likeness (QED) is 0.374. The van der Waals surface area contributed by atoms with E-state index >= 15 is 0 Å². The molecule has 4 heterocycles. The summed E-state index contributed by atoms with van der Waals surface area (Å²) in [6.07, 6.45) is 5.48. The Morgan fingerprint density at radius 1 is 1.25 bits per heavy atom. The maximum atomic E-state index is 12.8. The molecule has 0 N–H and O–H groups in total. The lowest BCUT2D eigenvalue weighted by Gasteiger charge is -1.96. The van der Waals surface area contributed by atoms with Gasteiger partial charge in [-0.05, 0) is 36.1 Å². The predicted octanol–water partition coefficient (Wildman–Crippen LogP) is 4.01. The number of benzene rings is 1. The highest BCUT2D eigenvalue weighted by Crippen LogP contribution is 2.30. The number of nitrogens with zero attached hydrogens (tertiary/aromatic N) is 5. The average Bonchev–Trinajstić information content (AvgIpc) is 3.34. The number of nitro groups is 1. The maximum Gasteiger partial charge on any atom is 0.414 e. The zero-order valence-corrected chi connectivity index (χ0v) is 15.9. The first kappa shape index (κ1) is 18.1. The van der Waals surface area contributed by atoms with Crippen LogP contribution in [-0.4, -0.2) is 30.1 Å². The highest BCUT2D eigenvalue weighted by atomic mass is 32.1. The topological polar surface area (TPSA) is 88.0 Å². The van der Waals surface area contributed by atoms with Crippen molar-refractivity contribution in [3.8, 4) is 16.6 Å². The van der Waals surface area contributed by atoms with Gasteiger partial charge in [0.2, 0.25) is 0 Å². The van der Waals surface area contributed by atoms with E-state index < -0.39 is 4.92 Å². The smallest absolute Gasteiger partial charge is 0.414 e. The van der Waals surface area contributed by atoms with E-state index in [0.29, 0.717) is 12.6 Å². The molecule has 28 heavy (non-hydrogen) atoms. The largest absolute Gasteiger partial charge is 0.441 e. The van der Waals surface area contributed by atoms with Gasteiger partial charge in [0, 0.05) is 30.0 Å². The molecule has 0 aliphatic carbocycles. The maximum absolute atomic E-state index is 12.8. The fourth-order valence-electron chi connectivity index (χ4n) is 2.85. The van der Waals surface area contributed by atoms with Gasteiger partial charge in [0.05, 0.1) is 16.8 Å². The molecule has 4 aromatic rings. The Bertz CT molecular complexity index is 1090. The number of halogens is 1. The molecule has 1 aromatic carbocycles. The van der Waals surface area contributed by atoms with Crippen LogP contribution in [0.5, 0.6) is 6.01 Å². The molecular weight excluding hydrogens is 385 g/mol. The normalized spacial score (nSPS) is 15.0. The number of fused-ring (bicyclic) bond motifs is 2. The molecule has 0 bridgehead atoms. The van der Waals surface area contributed by atoms with E-state index in [-0.39, 0.29) is 17.7 Å². The second-order valence-corrected chi connectivity index (χ2v) is 7.45. The minimum atomic E-state index is -0.528. The third kappa shape index (κ3) is 3.58. The van der Waals surface area contributed by atoms with E-state index in [2.05, 4.69) is 9.97 Å². The van der Waals surface area contributed by atoms with Crippen molar-refractivity contribution in [2.24, 2.45) is 7.05 Å². The third-order valence-corrected chi connectivity index (χ3v) is 5.15. The lowest BCUT2D eigenvalue weighted by Crippen LogP contribution is -2.08. The molecule has 8 nitrogen and oxygen atoms in total. The molecule has 0 amide bonds. The van der Waals surface area contributed by atoms with Gasteiger partial charge in [-0.3, -0.25) is 4.57 Å². The summed E-state index contributed by atoms with van der Waals surface area (Å²) in [6, 6.07) is 6.78. The van der Waals surface area contributed by atoms with E-state index in [0.717, 1.165) is 20.8 Å². The van der Waals surface area contributed by atoms with Crippen LogP contribution in [0.25, 0.3) is 20.8 Å².